The molecule has 0 saturated carbocycles. The van der Waals surface area contributed by atoms with E-state index in [1.165, 1.54) is 25.1 Å². The van der Waals surface area contributed by atoms with E-state index in [2.05, 4.69) is 4.98 Å². The second-order valence-electron chi connectivity index (χ2n) is 4.10. The summed E-state index contributed by atoms with van der Waals surface area (Å²) in [7, 11) is -4.10. The lowest BCUT2D eigenvalue weighted by Crippen LogP contribution is -2.17. The van der Waals surface area contributed by atoms with Gasteiger partial charge in [-0.2, -0.15) is 8.42 Å². The Labute approximate surface area is 120 Å². The molecule has 0 unspecified atom stereocenters. The molecular formula is C11H10ClN3O4S. The lowest BCUT2D eigenvalue weighted by Gasteiger charge is -2.07. The van der Waals surface area contributed by atoms with E-state index in [4.69, 9.17) is 11.6 Å². The number of nitro groups is 1. The molecule has 0 atom stereocenters. The van der Waals surface area contributed by atoms with Crippen molar-refractivity contribution in [1.82, 2.24) is 8.96 Å². The van der Waals surface area contributed by atoms with E-state index in [0.717, 1.165) is 6.20 Å². The highest BCUT2D eigenvalue weighted by Gasteiger charge is 2.32. The van der Waals surface area contributed by atoms with E-state index >= 15 is 0 Å². The monoisotopic (exact) mass is 315 g/mol. The van der Waals surface area contributed by atoms with E-state index in [1.54, 1.807) is 6.92 Å². The third-order valence-corrected chi connectivity index (χ3v) is 4.89. The zero-order chi connectivity index (χ0) is 15.1. The van der Waals surface area contributed by atoms with Gasteiger partial charge in [0, 0.05) is 11.9 Å². The summed E-state index contributed by atoms with van der Waals surface area (Å²) in [5.41, 5.74) is 0.403. The predicted molar refractivity (Wildman–Crippen MR) is 72.4 cm³/mol. The fraction of sp³-hybridized carbons (Fsp3) is 0.182. The summed E-state index contributed by atoms with van der Waals surface area (Å²) in [6.07, 6.45) is 0.915. The quantitative estimate of drug-likeness (QED) is 0.639. The molecule has 0 amide bonds. The summed E-state index contributed by atoms with van der Waals surface area (Å²) < 4.78 is 25.7. The maximum absolute atomic E-state index is 12.5. The lowest BCUT2D eigenvalue weighted by molar-refractivity contribution is -0.390. The van der Waals surface area contributed by atoms with Gasteiger partial charge in [-0.3, -0.25) is 0 Å². The number of hydrogen-bond acceptors (Lipinski definition) is 5. The van der Waals surface area contributed by atoms with Crippen molar-refractivity contribution < 1.29 is 13.3 Å². The van der Waals surface area contributed by atoms with E-state index < -0.39 is 20.8 Å². The topological polar surface area (TPSA) is 95.1 Å². The van der Waals surface area contributed by atoms with Crippen LogP contribution in [0.4, 0.5) is 5.82 Å². The van der Waals surface area contributed by atoms with Gasteiger partial charge in [0.2, 0.25) is 5.82 Å². The molecule has 106 valence electrons. The van der Waals surface area contributed by atoms with Crippen LogP contribution in [0.5, 0.6) is 0 Å². The number of hydrogen-bond donors (Lipinski definition) is 0. The second-order valence-corrected chi connectivity index (χ2v) is 6.29. The van der Waals surface area contributed by atoms with Gasteiger partial charge in [-0.25, -0.2) is 4.98 Å². The number of nitrogens with zero attached hydrogens (tertiary/aromatic N) is 3. The van der Waals surface area contributed by atoms with Gasteiger partial charge in [0.15, 0.2) is 0 Å². The lowest BCUT2D eigenvalue weighted by atomic mass is 10.2. The standard InChI is InChI=1S/C11H10ClN3O4S/c1-7-5-9(12)3-4-10(7)20(18,19)14-8(2)13-6-11(14)15(16)17/h3-6H,1-2H3. The molecule has 9 heteroatoms. The minimum Gasteiger partial charge on any atom is -0.358 e. The molecule has 2 aromatic rings. The fourth-order valence-corrected chi connectivity index (χ4v) is 3.72. The summed E-state index contributed by atoms with van der Waals surface area (Å²) in [5.74, 6) is -0.581. The Morgan fingerprint density at radius 1 is 1.35 bits per heavy atom. The van der Waals surface area contributed by atoms with Crippen LogP contribution in [0.25, 0.3) is 0 Å². The molecule has 0 fully saturated rings. The van der Waals surface area contributed by atoms with Gasteiger partial charge in [-0.05, 0) is 35.6 Å². The van der Waals surface area contributed by atoms with Crippen LogP contribution in [0.2, 0.25) is 5.02 Å². The Morgan fingerprint density at radius 2 is 2.00 bits per heavy atom. The number of benzene rings is 1. The molecule has 20 heavy (non-hydrogen) atoms. The second kappa shape index (κ2) is 4.88. The zero-order valence-corrected chi connectivity index (χ0v) is 12.1. The third-order valence-electron chi connectivity index (χ3n) is 2.71. The van der Waals surface area contributed by atoms with E-state index in [-0.39, 0.29) is 10.7 Å². The first-order valence-corrected chi connectivity index (χ1v) is 7.27. The Bertz CT molecular complexity index is 798. The number of aromatic nitrogens is 2. The molecular weight excluding hydrogens is 306 g/mol. The van der Waals surface area contributed by atoms with Crippen LogP contribution >= 0.6 is 11.6 Å². The van der Waals surface area contributed by atoms with Gasteiger partial charge in [-0.15, -0.1) is 0 Å². The average molecular weight is 316 g/mol. The molecule has 1 heterocycles. The number of aryl methyl sites for hydroxylation is 2. The average Bonchev–Trinajstić information content (AvgIpc) is 2.71. The van der Waals surface area contributed by atoms with Crippen LogP contribution in [0.3, 0.4) is 0 Å². The smallest absolute Gasteiger partial charge is 0.358 e. The normalized spacial score (nSPS) is 11.6. The Morgan fingerprint density at radius 3 is 2.55 bits per heavy atom. The summed E-state index contributed by atoms with van der Waals surface area (Å²) >= 11 is 5.78. The van der Waals surface area contributed by atoms with Gasteiger partial charge in [0.25, 0.3) is 0 Å². The van der Waals surface area contributed by atoms with Gasteiger partial charge in [0.1, 0.15) is 11.1 Å². The molecule has 0 bridgehead atoms. The van der Waals surface area contributed by atoms with Crippen LogP contribution in [0, 0.1) is 24.0 Å². The fourth-order valence-electron chi connectivity index (χ4n) is 1.84. The van der Waals surface area contributed by atoms with Crippen molar-refractivity contribution in [2.24, 2.45) is 0 Å². The third kappa shape index (κ3) is 2.27. The van der Waals surface area contributed by atoms with E-state index in [1.807, 2.05) is 0 Å². The molecule has 0 aliphatic rings. The van der Waals surface area contributed by atoms with Crippen LogP contribution < -0.4 is 0 Å². The summed E-state index contributed by atoms with van der Waals surface area (Å²) in [4.78, 5) is 13.8. The molecule has 7 nitrogen and oxygen atoms in total. The maximum Gasteiger partial charge on any atom is 0.358 e. The Hall–Kier alpha value is -1.93. The van der Waals surface area contributed by atoms with Gasteiger partial charge >= 0.3 is 15.8 Å². The molecule has 2 rings (SSSR count). The molecule has 1 aromatic carbocycles. The number of halogens is 1. The van der Waals surface area contributed by atoms with Crippen LogP contribution in [0.1, 0.15) is 11.4 Å². The highest BCUT2D eigenvalue weighted by atomic mass is 35.5. The summed E-state index contributed by atoms with van der Waals surface area (Å²) in [5, 5.41) is 11.3. The van der Waals surface area contributed by atoms with Crippen molar-refractivity contribution in [3.05, 3.63) is 50.9 Å². The van der Waals surface area contributed by atoms with Crippen LogP contribution in [-0.2, 0) is 10.0 Å². The molecule has 0 radical (unpaired) electrons. The van der Waals surface area contributed by atoms with Crippen molar-refractivity contribution in [2.45, 2.75) is 18.7 Å². The first-order valence-electron chi connectivity index (χ1n) is 5.45. The van der Waals surface area contributed by atoms with Gasteiger partial charge in [0.05, 0.1) is 0 Å². The van der Waals surface area contributed by atoms with Crippen molar-refractivity contribution in [2.75, 3.05) is 0 Å². The minimum atomic E-state index is -4.10. The van der Waals surface area contributed by atoms with Crippen molar-refractivity contribution in [3.63, 3.8) is 0 Å². The molecule has 1 aromatic heterocycles. The largest absolute Gasteiger partial charge is 0.358 e. The van der Waals surface area contributed by atoms with Crippen molar-refractivity contribution in [3.8, 4) is 0 Å². The predicted octanol–water partition coefficient (Wildman–Crippen LogP) is 2.30. The van der Waals surface area contributed by atoms with Gasteiger partial charge in [-0.1, -0.05) is 15.6 Å². The highest BCUT2D eigenvalue weighted by Crippen LogP contribution is 2.26. The number of imidazole rings is 1. The Kier molecular flexibility index (Phi) is 3.53. The van der Waals surface area contributed by atoms with E-state index in [0.29, 0.717) is 14.6 Å². The molecule has 0 aliphatic heterocycles. The molecule has 0 saturated heterocycles. The van der Waals surface area contributed by atoms with Crippen LogP contribution in [-0.4, -0.2) is 22.3 Å². The summed E-state index contributed by atoms with van der Waals surface area (Å²) in [6.45, 7) is 2.95. The first-order chi connectivity index (χ1) is 9.25. The maximum atomic E-state index is 12.5. The molecule has 0 N–H and O–H groups in total. The van der Waals surface area contributed by atoms with E-state index in [9.17, 15) is 18.5 Å². The zero-order valence-electron chi connectivity index (χ0n) is 10.6. The highest BCUT2D eigenvalue weighted by molar-refractivity contribution is 7.90. The Balaban J connectivity index is 2.73. The van der Waals surface area contributed by atoms with Gasteiger partial charge < -0.3 is 10.1 Å². The van der Waals surface area contributed by atoms with Crippen LogP contribution in [0.15, 0.2) is 29.3 Å². The van der Waals surface area contributed by atoms with Crippen molar-refractivity contribution in [1.29, 1.82) is 0 Å². The first kappa shape index (κ1) is 14.5. The SMILES string of the molecule is Cc1cc(Cl)ccc1S(=O)(=O)n1c([N+](=O)[O-])cnc1C. The summed E-state index contributed by atoms with van der Waals surface area (Å²) in [6, 6.07) is 4.21. The van der Waals surface area contributed by atoms with Crippen molar-refractivity contribution >= 4 is 27.4 Å². The minimum absolute atomic E-state index is 0.0195. The molecule has 0 aliphatic carbocycles. The molecule has 0 spiro atoms. The number of rotatable bonds is 3.